The summed E-state index contributed by atoms with van der Waals surface area (Å²) < 4.78 is 5.74. The molecule has 1 aliphatic heterocycles. The fraction of sp³-hybridized carbons (Fsp3) is 0.238. The quantitative estimate of drug-likeness (QED) is 0.458. The number of nitro benzene ring substituents is 1. The van der Waals surface area contributed by atoms with E-state index in [4.69, 9.17) is 16.3 Å². The summed E-state index contributed by atoms with van der Waals surface area (Å²) in [7, 11) is 0. The maximum Gasteiger partial charge on any atom is 0.292 e. The number of halogens is 1. The van der Waals surface area contributed by atoms with Gasteiger partial charge in [0.2, 0.25) is 0 Å². The van der Waals surface area contributed by atoms with Gasteiger partial charge in [0.15, 0.2) is 6.61 Å². The Morgan fingerprint density at radius 3 is 2.63 bits per heavy atom. The highest BCUT2D eigenvalue weighted by molar-refractivity contribution is 6.35. The topological polar surface area (TPSA) is 88.8 Å². The van der Waals surface area contributed by atoms with Gasteiger partial charge in [-0.2, -0.15) is 0 Å². The molecule has 0 unspecified atom stereocenters. The summed E-state index contributed by atoms with van der Waals surface area (Å²) in [6.45, 7) is 1.85. The highest BCUT2D eigenvalue weighted by atomic mass is 35.5. The van der Waals surface area contributed by atoms with Crippen LogP contribution in [0.25, 0.3) is 10.9 Å². The normalized spacial score (nSPS) is 14.0. The lowest BCUT2D eigenvalue weighted by Gasteiger charge is -2.35. The first kappa shape index (κ1) is 19.9. The van der Waals surface area contributed by atoms with Crippen molar-refractivity contribution < 1.29 is 14.5 Å². The van der Waals surface area contributed by atoms with Crippen molar-refractivity contribution in [2.24, 2.45) is 0 Å². The van der Waals surface area contributed by atoms with E-state index in [1.54, 1.807) is 47.5 Å². The van der Waals surface area contributed by atoms with Crippen LogP contribution in [0.4, 0.5) is 11.4 Å². The van der Waals surface area contributed by atoms with Crippen LogP contribution in [0.2, 0.25) is 5.02 Å². The van der Waals surface area contributed by atoms with E-state index in [0.717, 1.165) is 5.39 Å². The fourth-order valence-corrected chi connectivity index (χ4v) is 3.76. The zero-order chi connectivity index (χ0) is 21.1. The first-order chi connectivity index (χ1) is 14.5. The number of carbonyl (C=O) groups is 1. The van der Waals surface area contributed by atoms with Gasteiger partial charge in [0.05, 0.1) is 9.95 Å². The molecule has 0 saturated carbocycles. The molecule has 2 aromatic carbocycles. The molecule has 0 spiro atoms. The van der Waals surface area contributed by atoms with Crippen molar-refractivity contribution in [3.8, 4) is 5.75 Å². The molecule has 9 heteroatoms. The molecule has 154 valence electrons. The minimum Gasteiger partial charge on any atom is -0.481 e. The number of para-hydroxylation sites is 2. The number of aromatic nitrogens is 1. The van der Waals surface area contributed by atoms with Gasteiger partial charge >= 0.3 is 0 Å². The van der Waals surface area contributed by atoms with E-state index < -0.39 is 0 Å². The second-order valence-electron chi connectivity index (χ2n) is 6.85. The number of fused-ring (bicyclic) bond motifs is 1. The maximum atomic E-state index is 12.6. The Kier molecular flexibility index (Phi) is 5.67. The number of hydrogen-bond donors (Lipinski definition) is 0. The summed E-state index contributed by atoms with van der Waals surface area (Å²) in [5, 5.41) is 12.6. The van der Waals surface area contributed by atoms with Crippen LogP contribution in [0.1, 0.15) is 0 Å². The van der Waals surface area contributed by atoms with E-state index in [-0.39, 0.29) is 23.1 Å². The van der Waals surface area contributed by atoms with E-state index in [1.807, 2.05) is 11.0 Å². The van der Waals surface area contributed by atoms with Crippen LogP contribution in [-0.2, 0) is 4.79 Å². The van der Waals surface area contributed by atoms with Gasteiger partial charge in [0.1, 0.15) is 17.0 Å². The van der Waals surface area contributed by atoms with Gasteiger partial charge in [0, 0.05) is 43.8 Å². The molecule has 1 aliphatic rings. The summed E-state index contributed by atoms with van der Waals surface area (Å²) in [4.78, 5) is 31.4. The number of benzene rings is 2. The molecule has 0 aliphatic carbocycles. The Hall–Kier alpha value is -3.39. The Bertz CT molecular complexity index is 1100. The van der Waals surface area contributed by atoms with Crippen molar-refractivity contribution in [2.45, 2.75) is 0 Å². The lowest BCUT2D eigenvalue weighted by Crippen LogP contribution is -2.50. The zero-order valence-corrected chi connectivity index (χ0v) is 16.8. The summed E-state index contributed by atoms with van der Waals surface area (Å²) in [6, 6.07) is 13.7. The number of amides is 1. The van der Waals surface area contributed by atoms with Gasteiger partial charge in [-0.05, 0) is 30.3 Å². The molecule has 0 atom stereocenters. The third-order valence-corrected chi connectivity index (χ3v) is 5.41. The van der Waals surface area contributed by atoms with Crippen LogP contribution < -0.4 is 9.64 Å². The minimum atomic E-state index is -0.384. The lowest BCUT2D eigenvalue weighted by molar-refractivity contribution is -0.384. The fourth-order valence-electron chi connectivity index (χ4n) is 3.54. The van der Waals surface area contributed by atoms with Gasteiger partial charge in [-0.3, -0.25) is 19.9 Å². The van der Waals surface area contributed by atoms with Gasteiger partial charge in [-0.25, -0.2) is 0 Å². The largest absolute Gasteiger partial charge is 0.481 e. The molecule has 1 fully saturated rings. The average molecular weight is 427 g/mol. The molecule has 8 nitrogen and oxygen atoms in total. The van der Waals surface area contributed by atoms with Crippen LogP contribution in [0, 0.1) is 10.1 Å². The standard InChI is InChI=1S/C21H19ClN4O4/c22-16-7-8-19(21-15(16)4-3-9-23-21)30-14-20(27)25-12-10-24(11-13-25)17-5-1-2-6-18(17)26(28)29/h1-9H,10-14H2. The lowest BCUT2D eigenvalue weighted by atomic mass is 10.2. The number of piperazine rings is 1. The molecular formula is C21H19ClN4O4. The second kappa shape index (κ2) is 8.54. The summed E-state index contributed by atoms with van der Waals surface area (Å²) >= 11 is 6.19. The van der Waals surface area contributed by atoms with Gasteiger partial charge in [-0.15, -0.1) is 0 Å². The molecule has 3 aromatic rings. The van der Waals surface area contributed by atoms with Crippen LogP contribution in [0.5, 0.6) is 5.75 Å². The third-order valence-electron chi connectivity index (χ3n) is 5.08. The molecular weight excluding hydrogens is 408 g/mol. The zero-order valence-electron chi connectivity index (χ0n) is 16.0. The molecule has 0 radical (unpaired) electrons. The predicted molar refractivity (Wildman–Crippen MR) is 114 cm³/mol. The van der Waals surface area contributed by atoms with E-state index in [2.05, 4.69) is 4.98 Å². The number of carbonyl (C=O) groups excluding carboxylic acids is 1. The van der Waals surface area contributed by atoms with Crippen molar-refractivity contribution in [3.05, 3.63) is 69.9 Å². The summed E-state index contributed by atoms with van der Waals surface area (Å²) in [5.41, 5.74) is 1.26. The van der Waals surface area contributed by atoms with E-state index in [0.29, 0.717) is 48.2 Å². The minimum absolute atomic E-state index is 0.0720. The number of anilines is 1. The third kappa shape index (κ3) is 3.99. The van der Waals surface area contributed by atoms with Gasteiger partial charge in [-0.1, -0.05) is 23.7 Å². The Labute approximate surface area is 177 Å². The van der Waals surface area contributed by atoms with E-state index in [1.165, 1.54) is 6.07 Å². The molecule has 0 bridgehead atoms. The molecule has 1 amide bonds. The Balaban J connectivity index is 1.38. The smallest absolute Gasteiger partial charge is 0.292 e. The van der Waals surface area contributed by atoms with Crippen molar-refractivity contribution in [3.63, 3.8) is 0 Å². The molecule has 2 heterocycles. The van der Waals surface area contributed by atoms with Gasteiger partial charge in [0.25, 0.3) is 11.6 Å². The van der Waals surface area contributed by atoms with Gasteiger partial charge < -0.3 is 14.5 Å². The second-order valence-corrected chi connectivity index (χ2v) is 7.25. The molecule has 30 heavy (non-hydrogen) atoms. The van der Waals surface area contributed by atoms with E-state index in [9.17, 15) is 14.9 Å². The average Bonchev–Trinajstić information content (AvgIpc) is 2.79. The van der Waals surface area contributed by atoms with Crippen molar-refractivity contribution in [1.82, 2.24) is 9.88 Å². The van der Waals surface area contributed by atoms with Crippen LogP contribution in [0.15, 0.2) is 54.7 Å². The molecule has 1 saturated heterocycles. The van der Waals surface area contributed by atoms with Crippen LogP contribution in [-0.4, -0.2) is 53.5 Å². The molecule has 0 N–H and O–H groups in total. The summed E-state index contributed by atoms with van der Waals surface area (Å²) in [6.07, 6.45) is 1.65. The van der Waals surface area contributed by atoms with Crippen LogP contribution in [0.3, 0.4) is 0 Å². The number of nitro groups is 1. The van der Waals surface area contributed by atoms with Crippen molar-refractivity contribution in [2.75, 3.05) is 37.7 Å². The predicted octanol–water partition coefficient (Wildman–Crippen LogP) is 3.52. The SMILES string of the molecule is O=C(COc1ccc(Cl)c2cccnc12)N1CCN(c2ccccc2[N+](=O)[O-])CC1. The van der Waals surface area contributed by atoms with Crippen molar-refractivity contribution in [1.29, 1.82) is 0 Å². The number of pyridine rings is 1. The number of hydrogen-bond acceptors (Lipinski definition) is 6. The maximum absolute atomic E-state index is 12.6. The highest BCUT2D eigenvalue weighted by Gasteiger charge is 2.25. The molecule has 1 aromatic heterocycles. The Morgan fingerprint density at radius 2 is 1.87 bits per heavy atom. The summed E-state index contributed by atoms with van der Waals surface area (Å²) in [5.74, 6) is 0.359. The Morgan fingerprint density at radius 1 is 1.10 bits per heavy atom. The first-order valence-electron chi connectivity index (χ1n) is 9.47. The number of ether oxygens (including phenoxy) is 1. The monoisotopic (exact) mass is 426 g/mol. The van der Waals surface area contributed by atoms with E-state index >= 15 is 0 Å². The van der Waals surface area contributed by atoms with Crippen LogP contribution >= 0.6 is 11.6 Å². The number of rotatable bonds is 5. The van der Waals surface area contributed by atoms with Crippen molar-refractivity contribution >= 4 is 39.8 Å². The molecule has 4 rings (SSSR count). The first-order valence-corrected chi connectivity index (χ1v) is 9.84. The number of nitrogens with zero attached hydrogens (tertiary/aromatic N) is 4. The highest BCUT2D eigenvalue weighted by Crippen LogP contribution is 2.30.